The monoisotopic (exact) mass is 952 g/mol. The molecule has 0 saturated heterocycles. The lowest BCUT2D eigenvalue weighted by atomic mass is 9.82. The molecule has 0 fully saturated rings. The molecule has 0 aromatic heterocycles. The minimum atomic E-state index is -9.89. The van der Waals surface area contributed by atoms with Gasteiger partial charge in [-0.3, -0.25) is 0 Å². The van der Waals surface area contributed by atoms with Crippen molar-refractivity contribution in [3.05, 3.63) is 11.1 Å². The number of carboxylic acids is 2. The fraction of sp³-hybridized carbons (Fsp3) is 0.800. The van der Waals surface area contributed by atoms with E-state index in [4.69, 9.17) is 10.2 Å². The maximum Gasteiger partial charge on any atom is 0.460 e. The average molecular weight is 952 g/mol. The molecule has 58 heavy (non-hydrogen) atoms. The SMILES string of the molecule is O=C(O)/C(=C(\C(=O)O)C(F)(F)C(F)(F)C(F)(F)C(F)(F)C(F)(F)C(F)(F)C(F)(F)C(F)(F)F)C(F)(F)C(F)(F)C(F)(F)C(F)(F)C(F)(F)C(F)(F)C(F)(F)C(F)(F)F. The van der Waals surface area contributed by atoms with Crippen LogP contribution < -0.4 is 0 Å². The second-order valence-electron chi connectivity index (χ2n) is 10.4. The predicted octanol–water partition coefficient (Wildman–Crippen LogP) is 10.5. The smallest absolute Gasteiger partial charge is 0.460 e. The Balaban J connectivity index is 8.44. The van der Waals surface area contributed by atoms with Crippen LogP contribution in [0, 0.1) is 0 Å². The van der Waals surface area contributed by atoms with E-state index in [2.05, 4.69) is 0 Å². The molecule has 0 spiro atoms. The standard InChI is InChI=1S/C20H2F34O4/c21-5(22,7(25,26)9(29,30)11(33,34)13(37,38)15(41,42)17(45,46)19(49,50)51)1(3(55)56)2(4(57)58)6(23,24)8(27,28)10(31,32)12(35,36)14(39,40)16(43,44)18(47,48)20(52,53)54/h(H,55,56)(H,57,58)/b2-1-. The van der Waals surface area contributed by atoms with Gasteiger partial charge in [0.1, 0.15) is 11.1 Å². The van der Waals surface area contributed by atoms with Gasteiger partial charge in [-0.2, -0.15) is 149 Å². The van der Waals surface area contributed by atoms with Crippen LogP contribution in [0.15, 0.2) is 11.1 Å². The third kappa shape index (κ3) is 6.43. The van der Waals surface area contributed by atoms with Crippen molar-refractivity contribution in [3.63, 3.8) is 0 Å². The molecule has 38 heteroatoms. The highest BCUT2D eigenvalue weighted by Gasteiger charge is 2.98. The second kappa shape index (κ2) is 13.4. The van der Waals surface area contributed by atoms with Gasteiger partial charge in [-0.05, 0) is 0 Å². The molecule has 0 saturated carbocycles. The first kappa shape index (κ1) is 54.3. The molecule has 0 rings (SSSR count). The van der Waals surface area contributed by atoms with Gasteiger partial charge in [-0.25, -0.2) is 9.59 Å². The van der Waals surface area contributed by atoms with E-state index in [-0.39, 0.29) is 0 Å². The normalized spacial score (nSPS) is 17.0. The quantitative estimate of drug-likeness (QED) is 0.119. The van der Waals surface area contributed by atoms with Crippen LogP contribution in [-0.4, -0.2) is 117 Å². The van der Waals surface area contributed by atoms with Crippen molar-refractivity contribution in [2.75, 3.05) is 0 Å². The van der Waals surface area contributed by atoms with Crippen LogP contribution >= 0.6 is 0 Å². The zero-order chi connectivity index (χ0) is 48.3. The van der Waals surface area contributed by atoms with Crippen molar-refractivity contribution in [2.24, 2.45) is 0 Å². The summed E-state index contributed by atoms with van der Waals surface area (Å²) >= 11 is 0. The summed E-state index contributed by atoms with van der Waals surface area (Å²) in [6.07, 6.45) is -16.8. The average Bonchev–Trinajstić information content (AvgIpc) is 2.96. The molecule has 0 aliphatic heterocycles. The molecule has 0 bridgehead atoms. The van der Waals surface area contributed by atoms with E-state index in [1.807, 2.05) is 0 Å². The third-order valence-electron chi connectivity index (χ3n) is 6.75. The zero-order valence-electron chi connectivity index (χ0n) is 24.6. The minimum absolute atomic E-state index is 5.31. The number of carboxylic acid groups (broad SMARTS) is 2. The van der Waals surface area contributed by atoms with Crippen LogP contribution in [0.3, 0.4) is 0 Å². The Labute approximate surface area is 289 Å². The zero-order valence-corrected chi connectivity index (χ0v) is 24.6. The van der Waals surface area contributed by atoms with E-state index in [1.165, 1.54) is 0 Å². The summed E-state index contributed by atoms with van der Waals surface area (Å²) < 4.78 is 459. The number of hydrogen-bond acceptors (Lipinski definition) is 2. The highest BCUT2D eigenvalue weighted by atomic mass is 19.4. The fourth-order valence-corrected chi connectivity index (χ4v) is 3.44. The van der Waals surface area contributed by atoms with Crippen molar-refractivity contribution < 1.29 is 169 Å². The number of alkyl halides is 34. The van der Waals surface area contributed by atoms with Crippen LogP contribution in [0.1, 0.15) is 0 Å². The largest absolute Gasteiger partial charge is 0.478 e. The molecule has 0 aliphatic carbocycles. The summed E-state index contributed by atoms with van der Waals surface area (Å²) in [5, 5.41) is 16.9. The first-order chi connectivity index (χ1) is 24.4. The molecule has 0 atom stereocenters. The van der Waals surface area contributed by atoms with Gasteiger partial charge in [0.25, 0.3) is 0 Å². The van der Waals surface area contributed by atoms with E-state index in [1.54, 1.807) is 0 Å². The molecule has 0 aromatic carbocycles. The maximum atomic E-state index is 14.5. The predicted molar refractivity (Wildman–Crippen MR) is 104 cm³/mol. The molecule has 0 aliphatic rings. The molecule has 0 radical (unpaired) electrons. The number of rotatable bonds is 16. The Morgan fingerprint density at radius 2 is 0.345 bits per heavy atom. The highest BCUT2D eigenvalue weighted by Crippen LogP contribution is 2.67. The summed E-state index contributed by atoms with van der Waals surface area (Å²) in [4.78, 5) is 22.1. The van der Waals surface area contributed by atoms with Crippen molar-refractivity contribution in [1.82, 2.24) is 0 Å². The topological polar surface area (TPSA) is 74.6 Å². The molecule has 4 nitrogen and oxygen atoms in total. The fourth-order valence-electron chi connectivity index (χ4n) is 3.44. The molecule has 0 heterocycles. The van der Waals surface area contributed by atoms with Crippen LogP contribution in [0.2, 0.25) is 0 Å². The summed E-state index contributed by atoms with van der Waals surface area (Å²) in [5.74, 6) is -144. The summed E-state index contributed by atoms with van der Waals surface area (Å²) in [6, 6.07) is 0. The van der Waals surface area contributed by atoms with Crippen molar-refractivity contribution in [1.29, 1.82) is 0 Å². The molecule has 344 valence electrons. The lowest BCUT2D eigenvalue weighted by Crippen LogP contribution is -2.75. The van der Waals surface area contributed by atoms with Crippen LogP contribution in [-0.2, 0) is 9.59 Å². The number of aliphatic carboxylic acids is 2. The van der Waals surface area contributed by atoms with Gasteiger partial charge in [0.05, 0.1) is 0 Å². The first-order valence-electron chi connectivity index (χ1n) is 12.0. The van der Waals surface area contributed by atoms with E-state index in [9.17, 15) is 159 Å². The second-order valence-corrected chi connectivity index (χ2v) is 10.4. The van der Waals surface area contributed by atoms with Gasteiger partial charge in [-0.15, -0.1) is 0 Å². The maximum absolute atomic E-state index is 14.5. The Bertz CT molecular complexity index is 1500. The first-order valence-corrected chi connectivity index (χ1v) is 12.0. The van der Waals surface area contributed by atoms with E-state index in [0.717, 1.165) is 0 Å². The summed E-state index contributed by atoms with van der Waals surface area (Å²) in [7, 11) is 0. The minimum Gasteiger partial charge on any atom is -0.478 e. The number of hydrogen-bond donors (Lipinski definition) is 2. The van der Waals surface area contributed by atoms with Gasteiger partial charge in [-0.1, -0.05) is 0 Å². The van der Waals surface area contributed by atoms with Gasteiger partial charge in [0, 0.05) is 0 Å². The Hall–Kier alpha value is -3.70. The summed E-state index contributed by atoms with van der Waals surface area (Å²) in [5.41, 5.74) is -12.1. The number of halogens is 34. The molecular formula is C20H2F34O4. The van der Waals surface area contributed by atoms with Crippen molar-refractivity contribution >= 4 is 11.9 Å². The molecule has 0 amide bonds. The van der Waals surface area contributed by atoms with Gasteiger partial charge < -0.3 is 10.2 Å². The molecule has 2 N–H and O–H groups in total. The van der Waals surface area contributed by atoms with E-state index >= 15 is 0 Å². The molecule has 0 unspecified atom stereocenters. The Morgan fingerprint density at radius 1 is 0.224 bits per heavy atom. The highest BCUT2D eigenvalue weighted by molar-refractivity contribution is 6.01. The number of carbonyl (C=O) groups is 2. The van der Waals surface area contributed by atoms with E-state index in [0.29, 0.717) is 0 Å². The lowest BCUT2D eigenvalue weighted by molar-refractivity contribution is -0.460. The van der Waals surface area contributed by atoms with Crippen molar-refractivity contribution in [2.45, 2.75) is 95.3 Å². The molecular weight excluding hydrogens is 950 g/mol. The van der Waals surface area contributed by atoms with Gasteiger partial charge in [0.2, 0.25) is 0 Å². The third-order valence-corrected chi connectivity index (χ3v) is 6.75. The summed E-state index contributed by atoms with van der Waals surface area (Å²) in [6.45, 7) is 0. The molecule has 0 aromatic rings. The van der Waals surface area contributed by atoms with Crippen LogP contribution in [0.4, 0.5) is 149 Å². The van der Waals surface area contributed by atoms with Gasteiger partial charge >= 0.3 is 107 Å². The Kier molecular flexibility index (Phi) is 12.5. The van der Waals surface area contributed by atoms with Crippen molar-refractivity contribution in [3.8, 4) is 0 Å². The van der Waals surface area contributed by atoms with Crippen LogP contribution in [0.5, 0.6) is 0 Å². The lowest BCUT2D eigenvalue weighted by Gasteiger charge is -2.44. The van der Waals surface area contributed by atoms with E-state index < -0.39 is 118 Å². The van der Waals surface area contributed by atoms with Gasteiger partial charge in [0.15, 0.2) is 0 Å². The Morgan fingerprint density at radius 3 is 0.466 bits per heavy atom. The van der Waals surface area contributed by atoms with Crippen LogP contribution in [0.25, 0.3) is 0 Å².